The van der Waals surface area contributed by atoms with Crippen LogP contribution in [0.3, 0.4) is 0 Å². The zero-order valence-electron chi connectivity index (χ0n) is 19.6. The van der Waals surface area contributed by atoms with Gasteiger partial charge in [-0.3, -0.25) is 9.80 Å². The molecule has 1 fully saturated rings. The minimum absolute atomic E-state index is 0.0416. The quantitative estimate of drug-likeness (QED) is 0.324. The summed E-state index contributed by atoms with van der Waals surface area (Å²) in [6.45, 7) is 10.4. The maximum absolute atomic E-state index is 8.58. The highest BCUT2D eigenvalue weighted by molar-refractivity contribution is 5.42. The number of piperazine rings is 1. The van der Waals surface area contributed by atoms with Crippen molar-refractivity contribution in [3.8, 4) is 11.5 Å². The third-order valence-electron chi connectivity index (χ3n) is 5.22. The molecule has 0 atom stereocenters. The van der Waals surface area contributed by atoms with Crippen LogP contribution in [0.15, 0.2) is 18.2 Å². The second-order valence-corrected chi connectivity index (χ2v) is 7.48. The van der Waals surface area contributed by atoms with E-state index in [0.717, 1.165) is 57.4 Å². The van der Waals surface area contributed by atoms with Crippen LogP contribution in [0, 0.1) is 0 Å². The Kier molecular flexibility index (Phi) is 14.3. The van der Waals surface area contributed by atoms with Gasteiger partial charge in [0.05, 0.1) is 73.7 Å². The Hall–Kier alpha value is -1.46. The van der Waals surface area contributed by atoms with Crippen LogP contribution < -0.4 is 9.47 Å². The Morgan fingerprint density at radius 1 is 0.688 bits per heavy atom. The highest BCUT2D eigenvalue weighted by Gasteiger charge is 2.17. The minimum Gasteiger partial charge on any atom is -0.493 e. The van der Waals surface area contributed by atoms with Gasteiger partial charge in [0.1, 0.15) is 0 Å². The van der Waals surface area contributed by atoms with Gasteiger partial charge in [-0.05, 0) is 17.7 Å². The van der Waals surface area contributed by atoms with Crippen LogP contribution in [-0.2, 0) is 25.5 Å². The topological polar surface area (TPSA) is 82.1 Å². The van der Waals surface area contributed by atoms with E-state index in [1.54, 1.807) is 14.2 Å². The number of aliphatic hydroxyl groups is 1. The number of rotatable bonds is 18. The average Bonchev–Trinajstić information content (AvgIpc) is 2.83. The molecule has 9 nitrogen and oxygen atoms in total. The molecular weight excluding hydrogens is 416 g/mol. The molecular formula is C23H40N2O7. The summed E-state index contributed by atoms with van der Waals surface area (Å²) >= 11 is 0. The van der Waals surface area contributed by atoms with E-state index in [-0.39, 0.29) is 6.61 Å². The highest BCUT2D eigenvalue weighted by Crippen LogP contribution is 2.28. The standard InChI is InChI=1S/C23H40N2O7/c1-27-22-4-3-21(19-23(22)28-2)20-25-7-5-24(6-8-25)9-11-29-13-15-31-17-18-32-16-14-30-12-10-26/h3-4,19,26H,5-18,20H2,1-2H3. The molecule has 1 saturated heterocycles. The molecule has 0 radical (unpaired) electrons. The zero-order valence-corrected chi connectivity index (χ0v) is 19.6. The van der Waals surface area contributed by atoms with Crippen molar-refractivity contribution in [2.45, 2.75) is 6.54 Å². The van der Waals surface area contributed by atoms with Gasteiger partial charge in [0.15, 0.2) is 11.5 Å². The molecule has 1 aliphatic heterocycles. The van der Waals surface area contributed by atoms with Crippen molar-refractivity contribution in [1.29, 1.82) is 0 Å². The van der Waals surface area contributed by atoms with Crippen LogP contribution in [0.4, 0.5) is 0 Å². The predicted octanol–water partition coefficient (Wildman–Crippen LogP) is 0.880. The number of nitrogens with zero attached hydrogens (tertiary/aromatic N) is 2. The van der Waals surface area contributed by atoms with Crippen LogP contribution >= 0.6 is 0 Å². The third kappa shape index (κ3) is 10.9. The van der Waals surface area contributed by atoms with E-state index in [1.165, 1.54) is 5.56 Å². The molecule has 1 aromatic rings. The van der Waals surface area contributed by atoms with Gasteiger partial charge in [-0.1, -0.05) is 6.07 Å². The summed E-state index contributed by atoms with van der Waals surface area (Å²) in [7, 11) is 3.33. The first-order valence-corrected chi connectivity index (χ1v) is 11.3. The zero-order chi connectivity index (χ0) is 22.9. The van der Waals surface area contributed by atoms with Gasteiger partial charge in [0, 0.05) is 39.3 Å². The van der Waals surface area contributed by atoms with E-state index in [2.05, 4.69) is 21.9 Å². The summed E-state index contributed by atoms with van der Waals surface area (Å²) in [6.07, 6.45) is 0. The van der Waals surface area contributed by atoms with E-state index < -0.39 is 0 Å². The lowest BCUT2D eigenvalue weighted by molar-refractivity contribution is -0.00830. The summed E-state index contributed by atoms with van der Waals surface area (Å²) in [5, 5.41) is 8.58. The van der Waals surface area contributed by atoms with E-state index in [0.29, 0.717) is 46.2 Å². The summed E-state index contributed by atoms with van der Waals surface area (Å²) in [4.78, 5) is 4.91. The van der Waals surface area contributed by atoms with E-state index >= 15 is 0 Å². The Morgan fingerprint density at radius 3 is 1.78 bits per heavy atom. The fourth-order valence-corrected chi connectivity index (χ4v) is 3.43. The Morgan fingerprint density at radius 2 is 1.22 bits per heavy atom. The lowest BCUT2D eigenvalue weighted by Crippen LogP contribution is -2.46. The molecule has 0 unspecified atom stereocenters. The van der Waals surface area contributed by atoms with Gasteiger partial charge in [-0.15, -0.1) is 0 Å². The van der Waals surface area contributed by atoms with Gasteiger partial charge in [0.2, 0.25) is 0 Å². The largest absolute Gasteiger partial charge is 0.493 e. The molecule has 1 N–H and O–H groups in total. The first-order valence-electron chi connectivity index (χ1n) is 11.3. The number of aliphatic hydroxyl groups excluding tert-OH is 1. The first-order chi connectivity index (χ1) is 15.8. The van der Waals surface area contributed by atoms with E-state index in [4.69, 9.17) is 33.5 Å². The summed E-state index contributed by atoms with van der Waals surface area (Å²) in [5.41, 5.74) is 1.24. The Balaban J connectivity index is 1.44. The first kappa shape index (κ1) is 26.8. The van der Waals surface area contributed by atoms with E-state index in [9.17, 15) is 0 Å². The monoisotopic (exact) mass is 456 g/mol. The van der Waals surface area contributed by atoms with Gasteiger partial charge in [-0.2, -0.15) is 0 Å². The molecule has 9 heteroatoms. The molecule has 0 saturated carbocycles. The molecule has 1 aliphatic rings. The van der Waals surface area contributed by atoms with Crippen LogP contribution in [0.2, 0.25) is 0 Å². The SMILES string of the molecule is COc1ccc(CN2CCN(CCOCCOCCOCCOCCO)CC2)cc1OC. The molecule has 1 heterocycles. The van der Waals surface area contributed by atoms with Crippen molar-refractivity contribution in [3.63, 3.8) is 0 Å². The molecule has 0 spiro atoms. The number of methoxy groups -OCH3 is 2. The van der Waals surface area contributed by atoms with Gasteiger partial charge in [0.25, 0.3) is 0 Å². The van der Waals surface area contributed by atoms with E-state index in [1.807, 2.05) is 6.07 Å². The van der Waals surface area contributed by atoms with Crippen LogP contribution in [0.5, 0.6) is 11.5 Å². The molecule has 32 heavy (non-hydrogen) atoms. The normalized spacial score (nSPS) is 15.2. The van der Waals surface area contributed by atoms with Gasteiger partial charge in [-0.25, -0.2) is 0 Å². The van der Waals surface area contributed by atoms with Crippen molar-refractivity contribution in [2.75, 3.05) is 106 Å². The second kappa shape index (κ2) is 17.1. The summed E-state index contributed by atoms with van der Waals surface area (Å²) in [5.74, 6) is 1.54. The fourth-order valence-electron chi connectivity index (χ4n) is 3.43. The van der Waals surface area contributed by atoms with Crippen molar-refractivity contribution >= 4 is 0 Å². The lowest BCUT2D eigenvalue weighted by atomic mass is 10.1. The number of benzene rings is 1. The molecule has 0 aromatic heterocycles. The van der Waals surface area contributed by atoms with Crippen molar-refractivity contribution in [1.82, 2.24) is 9.80 Å². The molecule has 2 rings (SSSR count). The predicted molar refractivity (Wildman–Crippen MR) is 122 cm³/mol. The van der Waals surface area contributed by atoms with Crippen LogP contribution in [-0.4, -0.2) is 121 Å². The number of hydrogen-bond acceptors (Lipinski definition) is 9. The number of ether oxygens (including phenoxy) is 6. The average molecular weight is 457 g/mol. The maximum atomic E-state index is 8.58. The smallest absolute Gasteiger partial charge is 0.161 e. The Bertz CT molecular complexity index is 598. The highest BCUT2D eigenvalue weighted by atomic mass is 16.6. The molecule has 1 aromatic carbocycles. The van der Waals surface area contributed by atoms with Crippen molar-refractivity contribution < 1.29 is 33.5 Å². The summed E-state index contributed by atoms with van der Waals surface area (Å²) < 4.78 is 32.4. The second-order valence-electron chi connectivity index (χ2n) is 7.48. The Labute approximate surface area is 192 Å². The number of hydrogen-bond donors (Lipinski definition) is 1. The maximum Gasteiger partial charge on any atom is 0.161 e. The fraction of sp³-hybridized carbons (Fsp3) is 0.739. The van der Waals surface area contributed by atoms with Gasteiger partial charge >= 0.3 is 0 Å². The molecule has 0 aliphatic carbocycles. The molecule has 0 amide bonds. The van der Waals surface area contributed by atoms with Gasteiger partial charge < -0.3 is 33.5 Å². The van der Waals surface area contributed by atoms with Crippen LogP contribution in [0.1, 0.15) is 5.56 Å². The molecule has 184 valence electrons. The lowest BCUT2D eigenvalue weighted by Gasteiger charge is -2.34. The van der Waals surface area contributed by atoms with Crippen molar-refractivity contribution in [3.05, 3.63) is 23.8 Å². The minimum atomic E-state index is 0.0416. The third-order valence-corrected chi connectivity index (χ3v) is 5.22. The van der Waals surface area contributed by atoms with Crippen LogP contribution in [0.25, 0.3) is 0 Å². The van der Waals surface area contributed by atoms with Crippen molar-refractivity contribution in [2.24, 2.45) is 0 Å². The molecule has 0 bridgehead atoms. The summed E-state index contributed by atoms with van der Waals surface area (Å²) in [6, 6.07) is 6.12.